The quantitative estimate of drug-likeness (QED) is 0.422. The molecular formula is C24H21NO7. The van der Waals surface area contributed by atoms with Crippen LogP contribution in [0.3, 0.4) is 0 Å². The van der Waals surface area contributed by atoms with Crippen molar-refractivity contribution in [1.82, 2.24) is 4.98 Å². The van der Waals surface area contributed by atoms with Crippen LogP contribution in [0.1, 0.15) is 35.5 Å². The fourth-order valence-corrected chi connectivity index (χ4v) is 3.03. The molecule has 0 N–H and O–H groups in total. The Morgan fingerprint density at radius 3 is 2.19 bits per heavy atom. The molecule has 1 heterocycles. The Morgan fingerprint density at radius 1 is 0.844 bits per heavy atom. The minimum absolute atomic E-state index is 0.130. The van der Waals surface area contributed by atoms with E-state index >= 15 is 0 Å². The first-order valence-electron chi connectivity index (χ1n) is 9.57. The van der Waals surface area contributed by atoms with E-state index in [2.05, 4.69) is 4.98 Å². The van der Waals surface area contributed by atoms with Crippen molar-refractivity contribution >= 4 is 41.0 Å². The van der Waals surface area contributed by atoms with E-state index < -0.39 is 17.9 Å². The van der Waals surface area contributed by atoms with E-state index in [0.717, 1.165) is 5.39 Å². The van der Waals surface area contributed by atoms with Crippen molar-refractivity contribution in [2.45, 2.75) is 13.8 Å². The van der Waals surface area contributed by atoms with Gasteiger partial charge in [-0.1, -0.05) is 24.3 Å². The van der Waals surface area contributed by atoms with E-state index in [-0.39, 0.29) is 17.1 Å². The van der Waals surface area contributed by atoms with Gasteiger partial charge in [-0.2, -0.15) is 0 Å². The predicted molar refractivity (Wildman–Crippen MR) is 118 cm³/mol. The van der Waals surface area contributed by atoms with Crippen LogP contribution in [0, 0.1) is 0 Å². The van der Waals surface area contributed by atoms with E-state index in [9.17, 15) is 14.4 Å². The number of carbonyl (C=O) groups excluding carboxylic acids is 3. The van der Waals surface area contributed by atoms with E-state index in [1.807, 2.05) is 12.1 Å². The predicted octanol–water partition coefficient (Wildman–Crippen LogP) is 4.05. The topological polar surface area (TPSA) is 101 Å². The number of aromatic nitrogens is 1. The van der Waals surface area contributed by atoms with Gasteiger partial charge in [-0.3, -0.25) is 9.59 Å². The van der Waals surface area contributed by atoms with Gasteiger partial charge in [-0.15, -0.1) is 0 Å². The molecule has 0 amide bonds. The molecule has 0 aliphatic carbocycles. The Labute approximate surface area is 184 Å². The van der Waals surface area contributed by atoms with Crippen molar-refractivity contribution in [2.75, 3.05) is 14.2 Å². The zero-order valence-corrected chi connectivity index (χ0v) is 18.0. The van der Waals surface area contributed by atoms with Gasteiger partial charge in [0.05, 0.1) is 19.9 Å². The number of nitrogens with zero attached hydrogens (tertiary/aromatic N) is 1. The third-order valence-electron chi connectivity index (χ3n) is 4.37. The van der Waals surface area contributed by atoms with Crippen molar-refractivity contribution in [1.29, 1.82) is 0 Å². The normalized spacial score (nSPS) is 10.8. The van der Waals surface area contributed by atoms with Crippen LogP contribution in [-0.2, 0) is 14.3 Å². The molecule has 0 unspecified atom stereocenters. The zero-order chi connectivity index (χ0) is 23.3. The van der Waals surface area contributed by atoms with Crippen LogP contribution in [0.4, 0.5) is 0 Å². The molecule has 0 fully saturated rings. The number of ether oxygens (including phenoxy) is 4. The molecule has 1 aromatic heterocycles. The fraction of sp³-hybridized carbons (Fsp3) is 0.167. The van der Waals surface area contributed by atoms with E-state index in [1.165, 1.54) is 28.1 Å². The van der Waals surface area contributed by atoms with Gasteiger partial charge in [0.25, 0.3) is 0 Å². The largest absolute Gasteiger partial charge is 0.494 e. The smallest absolute Gasteiger partial charge is 0.341 e. The van der Waals surface area contributed by atoms with E-state index in [4.69, 9.17) is 18.9 Å². The van der Waals surface area contributed by atoms with E-state index in [0.29, 0.717) is 22.5 Å². The van der Waals surface area contributed by atoms with Gasteiger partial charge in [0.1, 0.15) is 11.1 Å². The van der Waals surface area contributed by atoms with Gasteiger partial charge < -0.3 is 18.9 Å². The highest BCUT2D eigenvalue weighted by Gasteiger charge is 2.17. The first-order valence-corrected chi connectivity index (χ1v) is 9.57. The number of benzene rings is 2. The molecule has 0 bridgehead atoms. The van der Waals surface area contributed by atoms with Crippen molar-refractivity contribution < 1.29 is 33.3 Å². The molecule has 0 aliphatic heterocycles. The molecule has 3 aromatic rings. The molecule has 8 heteroatoms. The van der Waals surface area contributed by atoms with Gasteiger partial charge >= 0.3 is 17.9 Å². The summed E-state index contributed by atoms with van der Waals surface area (Å²) in [6.45, 7) is 2.52. The molecule has 0 spiro atoms. The lowest BCUT2D eigenvalue weighted by atomic mass is 10.1. The number of fused-ring (bicyclic) bond motifs is 1. The number of esters is 3. The van der Waals surface area contributed by atoms with Crippen molar-refractivity contribution in [3.63, 3.8) is 0 Å². The number of methoxy groups -OCH3 is 2. The highest BCUT2D eigenvalue weighted by Crippen LogP contribution is 2.31. The third-order valence-corrected chi connectivity index (χ3v) is 4.37. The molecule has 3 rings (SSSR count). The summed E-state index contributed by atoms with van der Waals surface area (Å²) in [5, 5.41) is 0.800. The van der Waals surface area contributed by atoms with Crippen LogP contribution in [0.25, 0.3) is 23.1 Å². The molecular weight excluding hydrogens is 414 g/mol. The van der Waals surface area contributed by atoms with Crippen molar-refractivity contribution in [3.05, 3.63) is 59.3 Å². The SMILES string of the molecule is COC(=O)c1ccc2ccc(/C=C/c3ccc(OC(C)=O)c(OC(C)=O)c3)nc2c1OC. The maximum absolute atomic E-state index is 12.0. The lowest BCUT2D eigenvalue weighted by Gasteiger charge is -2.10. The summed E-state index contributed by atoms with van der Waals surface area (Å²) in [4.78, 5) is 39.3. The van der Waals surface area contributed by atoms with Crippen LogP contribution in [-0.4, -0.2) is 37.1 Å². The highest BCUT2D eigenvalue weighted by atomic mass is 16.6. The second kappa shape index (κ2) is 9.74. The number of rotatable bonds is 6. The average molecular weight is 435 g/mol. The molecule has 8 nitrogen and oxygen atoms in total. The minimum Gasteiger partial charge on any atom is -0.494 e. The van der Waals surface area contributed by atoms with Crippen LogP contribution in [0.15, 0.2) is 42.5 Å². The van der Waals surface area contributed by atoms with Gasteiger partial charge in [0.2, 0.25) is 0 Å². The standard InChI is InChI=1S/C24H21NO7/c1-14(26)31-20-12-6-16(13-21(20)32-15(2)27)5-9-18-10-7-17-8-11-19(24(28)30-4)23(29-3)22(17)25-18/h5-13H,1-4H3/b9-5+. The molecule has 0 saturated carbocycles. The summed E-state index contributed by atoms with van der Waals surface area (Å²) in [7, 11) is 2.77. The first-order chi connectivity index (χ1) is 15.3. The Morgan fingerprint density at radius 2 is 1.53 bits per heavy atom. The molecule has 0 aliphatic rings. The summed E-state index contributed by atoms with van der Waals surface area (Å²) in [6, 6.07) is 11.9. The minimum atomic E-state index is -0.538. The number of carbonyl (C=O) groups is 3. The maximum atomic E-state index is 12.0. The van der Waals surface area contributed by atoms with Gasteiger partial charge in [0, 0.05) is 19.2 Å². The Kier molecular flexibility index (Phi) is 6.84. The van der Waals surface area contributed by atoms with Crippen LogP contribution >= 0.6 is 0 Å². The molecule has 2 aromatic carbocycles. The van der Waals surface area contributed by atoms with Gasteiger partial charge in [0.15, 0.2) is 17.2 Å². The molecule has 0 radical (unpaired) electrons. The average Bonchev–Trinajstić information content (AvgIpc) is 2.77. The fourth-order valence-electron chi connectivity index (χ4n) is 3.03. The third kappa shape index (κ3) is 5.10. The molecule has 32 heavy (non-hydrogen) atoms. The van der Waals surface area contributed by atoms with Gasteiger partial charge in [-0.25, -0.2) is 9.78 Å². The Balaban J connectivity index is 1.98. The molecule has 164 valence electrons. The summed E-state index contributed by atoms with van der Waals surface area (Å²) >= 11 is 0. The molecule has 0 saturated heterocycles. The summed E-state index contributed by atoms with van der Waals surface area (Å²) in [5.74, 6) is -0.976. The lowest BCUT2D eigenvalue weighted by Crippen LogP contribution is -2.07. The van der Waals surface area contributed by atoms with Crippen molar-refractivity contribution in [2.24, 2.45) is 0 Å². The van der Waals surface area contributed by atoms with Crippen LogP contribution in [0.2, 0.25) is 0 Å². The number of hydrogen-bond donors (Lipinski definition) is 0. The number of pyridine rings is 1. The maximum Gasteiger partial charge on any atom is 0.341 e. The van der Waals surface area contributed by atoms with Gasteiger partial charge in [-0.05, 0) is 35.9 Å². The molecule has 0 atom stereocenters. The Hall–Kier alpha value is -4.20. The Bertz CT molecular complexity index is 1230. The monoisotopic (exact) mass is 435 g/mol. The summed E-state index contributed by atoms with van der Waals surface area (Å²) in [6.07, 6.45) is 3.51. The second-order valence-electron chi connectivity index (χ2n) is 6.67. The van der Waals surface area contributed by atoms with Crippen LogP contribution in [0.5, 0.6) is 17.2 Å². The van der Waals surface area contributed by atoms with Crippen LogP contribution < -0.4 is 14.2 Å². The first kappa shape index (κ1) is 22.5. The number of hydrogen-bond acceptors (Lipinski definition) is 8. The summed E-state index contributed by atoms with van der Waals surface area (Å²) in [5.41, 5.74) is 2.09. The van der Waals surface area contributed by atoms with E-state index in [1.54, 1.807) is 42.5 Å². The summed E-state index contributed by atoms with van der Waals surface area (Å²) < 4.78 is 20.4. The zero-order valence-electron chi connectivity index (χ0n) is 18.0. The highest BCUT2D eigenvalue weighted by molar-refractivity contribution is 6.00. The second-order valence-corrected chi connectivity index (χ2v) is 6.67. The lowest BCUT2D eigenvalue weighted by molar-refractivity contribution is -0.134. The van der Waals surface area contributed by atoms with Crippen molar-refractivity contribution in [3.8, 4) is 17.2 Å².